The Hall–Kier alpha value is -1.09. The lowest BCUT2D eigenvalue weighted by Gasteiger charge is -2.10. The standard InChI is InChI=1S/C13H10Cl2FN/c14-9-2-1-8(7-17)12(5-9)11-4-3-10(15)6-13(11)16/h1-6H,7,17H2. The summed E-state index contributed by atoms with van der Waals surface area (Å²) in [5.74, 6) is -0.380. The maximum atomic E-state index is 13.8. The molecule has 0 saturated carbocycles. The number of hydrogen-bond acceptors (Lipinski definition) is 1. The zero-order chi connectivity index (χ0) is 12.4. The van der Waals surface area contributed by atoms with Crippen LogP contribution in [0.15, 0.2) is 36.4 Å². The van der Waals surface area contributed by atoms with E-state index in [9.17, 15) is 4.39 Å². The molecule has 0 heterocycles. The topological polar surface area (TPSA) is 26.0 Å². The van der Waals surface area contributed by atoms with Crippen LogP contribution in [0.1, 0.15) is 5.56 Å². The van der Waals surface area contributed by atoms with Gasteiger partial charge >= 0.3 is 0 Å². The van der Waals surface area contributed by atoms with Gasteiger partial charge in [-0.15, -0.1) is 0 Å². The number of benzene rings is 2. The van der Waals surface area contributed by atoms with Gasteiger partial charge in [0.2, 0.25) is 0 Å². The van der Waals surface area contributed by atoms with Gasteiger partial charge in [0.15, 0.2) is 0 Å². The molecule has 2 N–H and O–H groups in total. The fourth-order valence-electron chi connectivity index (χ4n) is 1.69. The molecule has 0 aromatic heterocycles. The summed E-state index contributed by atoms with van der Waals surface area (Å²) in [6.07, 6.45) is 0. The smallest absolute Gasteiger partial charge is 0.132 e. The van der Waals surface area contributed by atoms with E-state index < -0.39 is 0 Å². The fraction of sp³-hybridized carbons (Fsp3) is 0.0769. The van der Waals surface area contributed by atoms with Crippen molar-refractivity contribution >= 4 is 23.2 Å². The molecule has 0 aliphatic rings. The summed E-state index contributed by atoms with van der Waals surface area (Å²) in [6, 6.07) is 9.78. The summed E-state index contributed by atoms with van der Waals surface area (Å²) < 4.78 is 13.8. The SMILES string of the molecule is NCc1ccc(Cl)cc1-c1ccc(Cl)cc1F. The molecule has 0 radical (unpaired) electrons. The first-order valence-corrected chi connectivity index (χ1v) is 5.81. The van der Waals surface area contributed by atoms with E-state index in [1.54, 1.807) is 30.3 Å². The van der Waals surface area contributed by atoms with Crippen molar-refractivity contribution in [2.24, 2.45) is 5.73 Å². The predicted molar refractivity (Wildman–Crippen MR) is 69.7 cm³/mol. The summed E-state index contributed by atoms with van der Waals surface area (Å²) >= 11 is 11.6. The van der Waals surface area contributed by atoms with Gasteiger partial charge in [0.1, 0.15) is 5.82 Å². The first-order valence-electron chi connectivity index (χ1n) is 5.05. The van der Waals surface area contributed by atoms with Gasteiger partial charge in [-0.05, 0) is 41.5 Å². The Morgan fingerprint density at radius 1 is 0.941 bits per heavy atom. The van der Waals surface area contributed by atoms with Crippen molar-refractivity contribution in [3.05, 3.63) is 57.8 Å². The molecule has 0 amide bonds. The van der Waals surface area contributed by atoms with Crippen LogP contribution in [0.5, 0.6) is 0 Å². The second-order valence-corrected chi connectivity index (χ2v) is 4.50. The molecule has 0 saturated heterocycles. The highest BCUT2D eigenvalue weighted by atomic mass is 35.5. The minimum atomic E-state index is -0.380. The Bertz CT molecular complexity index is 555. The summed E-state index contributed by atoms with van der Waals surface area (Å²) in [5, 5.41) is 0.911. The van der Waals surface area contributed by atoms with Crippen molar-refractivity contribution in [3.8, 4) is 11.1 Å². The third-order valence-electron chi connectivity index (χ3n) is 2.51. The first-order chi connectivity index (χ1) is 8.11. The van der Waals surface area contributed by atoms with Crippen molar-refractivity contribution in [1.82, 2.24) is 0 Å². The highest BCUT2D eigenvalue weighted by Crippen LogP contribution is 2.30. The average Bonchev–Trinajstić information content (AvgIpc) is 2.29. The van der Waals surface area contributed by atoms with Gasteiger partial charge in [-0.1, -0.05) is 29.3 Å². The highest BCUT2D eigenvalue weighted by Gasteiger charge is 2.10. The fourth-order valence-corrected chi connectivity index (χ4v) is 2.02. The van der Waals surface area contributed by atoms with Gasteiger partial charge in [0.25, 0.3) is 0 Å². The Morgan fingerprint density at radius 3 is 2.24 bits per heavy atom. The first kappa shape index (κ1) is 12.4. The Morgan fingerprint density at radius 2 is 1.59 bits per heavy atom. The molecule has 17 heavy (non-hydrogen) atoms. The molecule has 0 aliphatic heterocycles. The van der Waals surface area contributed by atoms with Gasteiger partial charge in [0, 0.05) is 22.2 Å². The predicted octanol–water partition coefficient (Wildman–Crippen LogP) is 4.26. The minimum Gasteiger partial charge on any atom is -0.326 e. The van der Waals surface area contributed by atoms with E-state index in [0.29, 0.717) is 27.7 Å². The van der Waals surface area contributed by atoms with Crippen LogP contribution in [0, 0.1) is 5.82 Å². The number of hydrogen-bond donors (Lipinski definition) is 1. The molecule has 0 unspecified atom stereocenters. The van der Waals surface area contributed by atoms with Crippen LogP contribution < -0.4 is 5.73 Å². The van der Waals surface area contributed by atoms with Crippen molar-refractivity contribution in [1.29, 1.82) is 0 Å². The molecule has 2 aromatic carbocycles. The third kappa shape index (κ3) is 2.60. The van der Waals surface area contributed by atoms with Crippen LogP contribution >= 0.6 is 23.2 Å². The zero-order valence-corrected chi connectivity index (χ0v) is 10.4. The summed E-state index contributed by atoms with van der Waals surface area (Å²) in [5.41, 5.74) is 7.63. The van der Waals surface area contributed by atoms with Crippen molar-refractivity contribution in [3.63, 3.8) is 0 Å². The van der Waals surface area contributed by atoms with E-state index in [1.165, 1.54) is 6.07 Å². The number of halogens is 3. The van der Waals surface area contributed by atoms with Crippen molar-refractivity contribution < 1.29 is 4.39 Å². The lowest BCUT2D eigenvalue weighted by molar-refractivity contribution is 0.631. The van der Waals surface area contributed by atoms with Crippen molar-refractivity contribution in [2.75, 3.05) is 0 Å². The van der Waals surface area contributed by atoms with Crippen LogP contribution in [0.3, 0.4) is 0 Å². The normalized spacial score (nSPS) is 10.6. The highest BCUT2D eigenvalue weighted by molar-refractivity contribution is 6.31. The third-order valence-corrected chi connectivity index (χ3v) is 2.98. The van der Waals surface area contributed by atoms with E-state index in [1.807, 2.05) is 0 Å². The van der Waals surface area contributed by atoms with Crippen molar-refractivity contribution in [2.45, 2.75) is 6.54 Å². The van der Waals surface area contributed by atoms with Gasteiger partial charge in [-0.3, -0.25) is 0 Å². The molecule has 0 atom stereocenters. The summed E-state index contributed by atoms with van der Waals surface area (Å²) in [4.78, 5) is 0. The van der Waals surface area contributed by atoms with Gasteiger partial charge in [-0.2, -0.15) is 0 Å². The van der Waals surface area contributed by atoms with Crippen LogP contribution in [0.4, 0.5) is 4.39 Å². The van der Waals surface area contributed by atoms with Crippen LogP contribution in [0.25, 0.3) is 11.1 Å². The van der Waals surface area contributed by atoms with Gasteiger partial charge in [0.05, 0.1) is 0 Å². The van der Waals surface area contributed by atoms with Crippen LogP contribution in [0.2, 0.25) is 10.0 Å². The quantitative estimate of drug-likeness (QED) is 0.866. The number of nitrogens with two attached hydrogens (primary N) is 1. The second kappa shape index (κ2) is 5.05. The zero-order valence-electron chi connectivity index (χ0n) is 8.88. The van der Waals surface area contributed by atoms with Crippen LogP contribution in [-0.4, -0.2) is 0 Å². The van der Waals surface area contributed by atoms with E-state index in [4.69, 9.17) is 28.9 Å². The largest absolute Gasteiger partial charge is 0.326 e. The van der Waals surface area contributed by atoms with Gasteiger partial charge in [-0.25, -0.2) is 4.39 Å². The maximum Gasteiger partial charge on any atom is 0.132 e. The molecular weight excluding hydrogens is 260 g/mol. The molecule has 88 valence electrons. The molecule has 0 spiro atoms. The Balaban J connectivity index is 2.62. The molecule has 2 rings (SSSR count). The minimum absolute atomic E-state index is 0.328. The Kier molecular flexibility index (Phi) is 3.67. The molecular formula is C13H10Cl2FN. The molecule has 2 aromatic rings. The van der Waals surface area contributed by atoms with Crippen LogP contribution in [-0.2, 0) is 6.54 Å². The summed E-state index contributed by atoms with van der Waals surface area (Å²) in [6.45, 7) is 0.328. The lowest BCUT2D eigenvalue weighted by atomic mass is 9.99. The second-order valence-electron chi connectivity index (χ2n) is 3.63. The number of rotatable bonds is 2. The van der Waals surface area contributed by atoms with E-state index in [2.05, 4.69) is 0 Å². The van der Waals surface area contributed by atoms with E-state index >= 15 is 0 Å². The maximum absolute atomic E-state index is 13.8. The van der Waals surface area contributed by atoms with Gasteiger partial charge < -0.3 is 5.73 Å². The summed E-state index contributed by atoms with van der Waals surface area (Å²) in [7, 11) is 0. The Labute approximate surface area is 109 Å². The van der Waals surface area contributed by atoms with E-state index in [-0.39, 0.29) is 5.82 Å². The molecule has 0 fully saturated rings. The monoisotopic (exact) mass is 269 g/mol. The average molecular weight is 270 g/mol. The molecule has 4 heteroatoms. The lowest BCUT2D eigenvalue weighted by Crippen LogP contribution is -1.99. The molecule has 0 aliphatic carbocycles. The molecule has 1 nitrogen and oxygen atoms in total. The van der Waals surface area contributed by atoms with E-state index in [0.717, 1.165) is 5.56 Å². The molecule has 0 bridgehead atoms.